The Morgan fingerprint density at radius 3 is 2.83 bits per heavy atom. The van der Waals surface area contributed by atoms with Crippen molar-refractivity contribution in [3.8, 4) is 5.75 Å². The first-order valence-electron chi connectivity index (χ1n) is 7.90. The third-order valence-electron chi connectivity index (χ3n) is 3.35. The molecule has 0 aliphatic carbocycles. The van der Waals surface area contributed by atoms with Gasteiger partial charge < -0.3 is 15.4 Å². The summed E-state index contributed by atoms with van der Waals surface area (Å²) in [6.07, 6.45) is 1.01. The minimum atomic E-state index is 0.631. The average Bonchev–Trinajstić information content (AvgIpc) is 3.05. The Morgan fingerprint density at radius 2 is 2.13 bits per heavy atom. The van der Waals surface area contributed by atoms with Crippen LogP contribution in [0.15, 0.2) is 40.7 Å². The molecule has 0 saturated heterocycles. The molecule has 2 rings (SSSR count). The number of thiophene rings is 1. The Bertz CT molecular complexity index is 623. The third kappa shape index (κ3) is 5.94. The van der Waals surface area contributed by atoms with Crippen LogP contribution in [0.2, 0.25) is 0 Å². The standard InChI is InChI=1S/C18H25N3OS/c1-4-19-18(20-8-7-17-6-5-9-23-17)21-13-15-10-14(2)11-16(12-15)22-3/h5-6,9-12H,4,7-8,13H2,1-3H3,(H2,19,20,21). The molecule has 23 heavy (non-hydrogen) atoms. The molecule has 0 atom stereocenters. The number of methoxy groups -OCH3 is 1. The largest absolute Gasteiger partial charge is 0.497 e. The van der Waals surface area contributed by atoms with E-state index in [-0.39, 0.29) is 0 Å². The fraction of sp³-hybridized carbons (Fsp3) is 0.389. The number of nitrogens with zero attached hydrogens (tertiary/aromatic N) is 1. The van der Waals surface area contributed by atoms with E-state index in [0.717, 1.165) is 36.8 Å². The molecule has 0 aliphatic heterocycles. The summed E-state index contributed by atoms with van der Waals surface area (Å²) < 4.78 is 5.32. The van der Waals surface area contributed by atoms with E-state index in [1.807, 2.05) is 12.1 Å². The van der Waals surface area contributed by atoms with Gasteiger partial charge >= 0.3 is 0 Å². The van der Waals surface area contributed by atoms with E-state index in [1.165, 1.54) is 10.4 Å². The summed E-state index contributed by atoms with van der Waals surface area (Å²) in [5.41, 5.74) is 2.34. The zero-order valence-corrected chi connectivity index (χ0v) is 14.9. The molecule has 0 bridgehead atoms. The van der Waals surface area contributed by atoms with Crippen LogP contribution in [-0.4, -0.2) is 26.2 Å². The molecular formula is C18H25N3OS. The van der Waals surface area contributed by atoms with Gasteiger partial charge in [0.1, 0.15) is 5.75 Å². The van der Waals surface area contributed by atoms with Crippen molar-refractivity contribution in [1.29, 1.82) is 0 Å². The van der Waals surface area contributed by atoms with E-state index in [9.17, 15) is 0 Å². The summed E-state index contributed by atoms with van der Waals surface area (Å²) in [7, 11) is 1.69. The van der Waals surface area contributed by atoms with Gasteiger partial charge in [0, 0.05) is 18.0 Å². The molecule has 1 aromatic heterocycles. The van der Waals surface area contributed by atoms with Crippen molar-refractivity contribution in [2.45, 2.75) is 26.8 Å². The maximum Gasteiger partial charge on any atom is 0.191 e. The van der Waals surface area contributed by atoms with Crippen LogP contribution in [-0.2, 0) is 13.0 Å². The van der Waals surface area contributed by atoms with Gasteiger partial charge in [0.15, 0.2) is 5.96 Å². The molecule has 124 valence electrons. The van der Waals surface area contributed by atoms with Gasteiger partial charge in [0.2, 0.25) is 0 Å². The van der Waals surface area contributed by atoms with Crippen LogP contribution in [0, 0.1) is 6.92 Å². The third-order valence-corrected chi connectivity index (χ3v) is 4.29. The van der Waals surface area contributed by atoms with Crippen LogP contribution >= 0.6 is 11.3 Å². The number of benzene rings is 1. The number of hydrogen-bond donors (Lipinski definition) is 2. The molecule has 0 amide bonds. The van der Waals surface area contributed by atoms with Crippen LogP contribution in [0.3, 0.4) is 0 Å². The lowest BCUT2D eigenvalue weighted by Crippen LogP contribution is -2.38. The van der Waals surface area contributed by atoms with E-state index < -0.39 is 0 Å². The Kier molecular flexibility index (Phi) is 6.94. The first kappa shape index (κ1) is 17.3. The van der Waals surface area contributed by atoms with Gasteiger partial charge in [-0.1, -0.05) is 12.1 Å². The highest BCUT2D eigenvalue weighted by Crippen LogP contribution is 2.17. The summed E-state index contributed by atoms with van der Waals surface area (Å²) in [5, 5.41) is 8.78. The smallest absolute Gasteiger partial charge is 0.191 e. The van der Waals surface area contributed by atoms with Crippen molar-refractivity contribution in [1.82, 2.24) is 10.6 Å². The normalized spacial score (nSPS) is 11.3. The zero-order valence-electron chi connectivity index (χ0n) is 14.1. The van der Waals surface area contributed by atoms with E-state index in [1.54, 1.807) is 18.4 Å². The second-order valence-corrected chi connectivity index (χ2v) is 6.34. The quantitative estimate of drug-likeness (QED) is 0.604. The highest BCUT2D eigenvalue weighted by Gasteiger charge is 2.01. The lowest BCUT2D eigenvalue weighted by molar-refractivity contribution is 0.414. The van der Waals surface area contributed by atoms with Gasteiger partial charge in [-0.15, -0.1) is 11.3 Å². The van der Waals surface area contributed by atoms with Crippen LogP contribution < -0.4 is 15.4 Å². The molecule has 0 spiro atoms. The van der Waals surface area contributed by atoms with Gasteiger partial charge in [-0.3, -0.25) is 0 Å². The van der Waals surface area contributed by atoms with E-state index in [0.29, 0.717) is 6.54 Å². The summed E-state index contributed by atoms with van der Waals surface area (Å²) in [6.45, 7) is 6.50. The Morgan fingerprint density at radius 1 is 1.26 bits per heavy atom. The van der Waals surface area contributed by atoms with Crippen molar-refractivity contribution in [2.24, 2.45) is 4.99 Å². The zero-order chi connectivity index (χ0) is 16.5. The van der Waals surface area contributed by atoms with E-state index in [4.69, 9.17) is 4.74 Å². The maximum atomic E-state index is 5.32. The van der Waals surface area contributed by atoms with Crippen molar-refractivity contribution in [2.75, 3.05) is 20.2 Å². The topological polar surface area (TPSA) is 45.7 Å². The number of rotatable bonds is 7. The average molecular weight is 331 g/mol. The molecular weight excluding hydrogens is 306 g/mol. The molecule has 2 aromatic rings. The Labute approximate surface area is 142 Å². The van der Waals surface area contributed by atoms with E-state index >= 15 is 0 Å². The molecule has 0 unspecified atom stereocenters. The van der Waals surface area contributed by atoms with Gasteiger partial charge in [-0.25, -0.2) is 4.99 Å². The number of aryl methyl sites for hydroxylation is 1. The monoisotopic (exact) mass is 331 g/mol. The molecule has 0 fully saturated rings. The van der Waals surface area contributed by atoms with Gasteiger partial charge in [-0.2, -0.15) is 0 Å². The molecule has 2 N–H and O–H groups in total. The second-order valence-electron chi connectivity index (χ2n) is 5.31. The molecule has 0 saturated carbocycles. The van der Waals surface area contributed by atoms with Crippen molar-refractivity contribution >= 4 is 17.3 Å². The number of hydrogen-bond acceptors (Lipinski definition) is 3. The molecule has 1 heterocycles. The summed E-state index contributed by atoms with van der Waals surface area (Å²) in [5.74, 6) is 1.73. The number of nitrogens with one attached hydrogen (secondary N) is 2. The highest BCUT2D eigenvalue weighted by atomic mass is 32.1. The molecule has 0 aliphatic rings. The SMILES string of the molecule is CCNC(=NCc1cc(C)cc(OC)c1)NCCc1cccs1. The fourth-order valence-electron chi connectivity index (χ4n) is 2.30. The van der Waals surface area contributed by atoms with Gasteiger partial charge in [0.25, 0.3) is 0 Å². The molecule has 1 aromatic carbocycles. The summed E-state index contributed by atoms with van der Waals surface area (Å²) in [6, 6.07) is 10.4. The Balaban J connectivity index is 1.93. The number of ether oxygens (including phenoxy) is 1. The minimum absolute atomic E-state index is 0.631. The van der Waals surface area contributed by atoms with Crippen molar-refractivity contribution in [3.05, 3.63) is 51.7 Å². The van der Waals surface area contributed by atoms with Crippen molar-refractivity contribution < 1.29 is 4.74 Å². The van der Waals surface area contributed by atoms with E-state index in [2.05, 4.69) is 53.1 Å². The Hall–Kier alpha value is -2.01. The summed E-state index contributed by atoms with van der Waals surface area (Å²) >= 11 is 1.79. The van der Waals surface area contributed by atoms with Crippen LogP contribution in [0.25, 0.3) is 0 Å². The lowest BCUT2D eigenvalue weighted by atomic mass is 10.1. The maximum absolute atomic E-state index is 5.32. The van der Waals surface area contributed by atoms with Crippen LogP contribution in [0.4, 0.5) is 0 Å². The van der Waals surface area contributed by atoms with Gasteiger partial charge in [0.05, 0.1) is 13.7 Å². The lowest BCUT2D eigenvalue weighted by Gasteiger charge is -2.11. The first-order chi connectivity index (χ1) is 11.2. The predicted octanol–water partition coefficient (Wildman–Crippen LogP) is 3.36. The minimum Gasteiger partial charge on any atom is -0.497 e. The molecule has 4 nitrogen and oxygen atoms in total. The fourth-order valence-corrected chi connectivity index (χ4v) is 3.01. The first-order valence-corrected chi connectivity index (χ1v) is 8.78. The second kappa shape index (κ2) is 9.20. The van der Waals surface area contributed by atoms with Crippen LogP contribution in [0.5, 0.6) is 5.75 Å². The highest BCUT2D eigenvalue weighted by molar-refractivity contribution is 7.09. The molecule has 0 radical (unpaired) electrons. The van der Waals surface area contributed by atoms with Crippen molar-refractivity contribution in [3.63, 3.8) is 0 Å². The summed E-state index contributed by atoms with van der Waals surface area (Å²) in [4.78, 5) is 6.05. The number of guanidine groups is 1. The molecule has 5 heteroatoms. The number of aliphatic imine (C=N–C) groups is 1. The predicted molar refractivity (Wildman–Crippen MR) is 98.6 cm³/mol. The van der Waals surface area contributed by atoms with Crippen LogP contribution in [0.1, 0.15) is 22.9 Å². The van der Waals surface area contributed by atoms with Gasteiger partial charge in [-0.05, 0) is 55.0 Å².